The van der Waals surface area contributed by atoms with Gasteiger partial charge in [-0.2, -0.15) is 0 Å². The lowest BCUT2D eigenvalue weighted by molar-refractivity contribution is -0.156. The van der Waals surface area contributed by atoms with E-state index in [1.54, 1.807) is 0 Å². The minimum atomic E-state index is -0.462. The zero-order chi connectivity index (χ0) is 19.0. The predicted octanol–water partition coefficient (Wildman–Crippen LogP) is 0.921. The Morgan fingerprint density at radius 2 is 1.20 bits per heavy atom. The quantitative estimate of drug-likeness (QED) is 0.342. The first-order valence-corrected chi connectivity index (χ1v) is 8.58. The Hall–Kier alpha value is -1.22. The van der Waals surface area contributed by atoms with Crippen LogP contribution in [-0.4, -0.2) is 76.9 Å². The van der Waals surface area contributed by atoms with E-state index >= 15 is 0 Å². The van der Waals surface area contributed by atoms with Gasteiger partial charge in [0.15, 0.2) is 0 Å². The van der Waals surface area contributed by atoms with Crippen molar-refractivity contribution in [2.45, 2.75) is 39.7 Å². The van der Waals surface area contributed by atoms with Gasteiger partial charge in [0.1, 0.15) is 5.60 Å². The molecule has 0 spiro atoms. The summed E-state index contributed by atoms with van der Waals surface area (Å²) in [5, 5.41) is 2.64. The summed E-state index contributed by atoms with van der Waals surface area (Å²) >= 11 is 0. The van der Waals surface area contributed by atoms with E-state index in [4.69, 9.17) is 23.7 Å². The van der Waals surface area contributed by atoms with Gasteiger partial charge in [0.05, 0.1) is 59.3 Å². The molecule has 0 aliphatic rings. The van der Waals surface area contributed by atoms with Gasteiger partial charge in [-0.05, 0) is 20.8 Å². The predicted molar refractivity (Wildman–Crippen MR) is 92.4 cm³/mol. The molecule has 0 fully saturated rings. The molecule has 0 aromatic rings. The fourth-order valence-corrected chi connectivity index (χ4v) is 1.61. The Labute approximate surface area is 150 Å². The molecule has 0 aliphatic heterocycles. The zero-order valence-electron chi connectivity index (χ0n) is 15.9. The molecular formula is C17H33NO7. The number of carbonyl (C=O) groups is 2. The summed E-state index contributed by atoms with van der Waals surface area (Å²) in [4.78, 5) is 22.0. The van der Waals surface area contributed by atoms with E-state index in [0.29, 0.717) is 59.4 Å². The van der Waals surface area contributed by atoms with Crippen LogP contribution in [0.1, 0.15) is 34.1 Å². The standard InChI is InChI=1S/C17H33NO7/c1-15(19)18-6-8-22-10-12-24-14-13-23-11-9-21-7-5-16(20)25-17(2,3)4/h5-14H2,1-4H3,(H,18,19). The lowest BCUT2D eigenvalue weighted by atomic mass is 10.2. The molecular weight excluding hydrogens is 330 g/mol. The first-order chi connectivity index (χ1) is 11.8. The van der Waals surface area contributed by atoms with Crippen molar-refractivity contribution in [1.82, 2.24) is 5.32 Å². The molecule has 0 atom stereocenters. The Bertz CT molecular complexity index is 355. The van der Waals surface area contributed by atoms with Gasteiger partial charge in [0.25, 0.3) is 0 Å². The van der Waals surface area contributed by atoms with Crippen molar-refractivity contribution >= 4 is 11.9 Å². The lowest BCUT2D eigenvalue weighted by Gasteiger charge is -2.19. The summed E-state index contributed by atoms with van der Waals surface area (Å²) in [5.74, 6) is -0.327. The Morgan fingerprint density at radius 3 is 1.64 bits per heavy atom. The third kappa shape index (κ3) is 20.7. The first-order valence-electron chi connectivity index (χ1n) is 8.58. The van der Waals surface area contributed by atoms with E-state index in [0.717, 1.165) is 0 Å². The van der Waals surface area contributed by atoms with Crippen LogP contribution in [0.4, 0.5) is 0 Å². The third-order valence-electron chi connectivity index (χ3n) is 2.61. The number of hydrogen-bond acceptors (Lipinski definition) is 7. The van der Waals surface area contributed by atoms with Crippen molar-refractivity contribution in [1.29, 1.82) is 0 Å². The summed E-state index contributed by atoms with van der Waals surface area (Å²) in [7, 11) is 0. The maximum atomic E-state index is 11.4. The van der Waals surface area contributed by atoms with Crippen molar-refractivity contribution in [3.8, 4) is 0 Å². The maximum Gasteiger partial charge on any atom is 0.308 e. The van der Waals surface area contributed by atoms with E-state index in [1.165, 1.54) is 6.92 Å². The fraction of sp³-hybridized carbons (Fsp3) is 0.882. The van der Waals surface area contributed by atoms with Crippen LogP contribution in [0.15, 0.2) is 0 Å². The second kappa shape index (κ2) is 15.1. The summed E-state index contributed by atoms with van der Waals surface area (Å²) in [6.45, 7) is 11.1. The van der Waals surface area contributed by atoms with Crippen LogP contribution in [0.25, 0.3) is 0 Å². The minimum Gasteiger partial charge on any atom is -0.460 e. The van der Waals surface area contributed by atoms with Gasteiger partial charge in [0.2, 0.25) is 5.91 Å². The summed E-state index contributed by atoms with van der Waals surface area (Å²) in [6.07, 6.45) is 0.238. The molecule has 0 saturated carbocycles. The maximum absolute atomic E-state index is 11.4. The smallest absolute Gasteiger partial charge is 0.308 e. The van der Waals surface area contributed by atoms with Crippen LogP contribution in [0, 0.1) is 0 Å². The highest BCUT2D eigenvalue weighted by Gasteiger charge is 2.15. The van der Waals surface area contributed by atoms with Gasteiger partial charge in [-0.25, -0.2) is 0 Å². The van der Waals surface area contributed by atoms with Crippen LogP contribution in [0.3, 0.4) is 0 Å². The largest absolute Gasteiger partial charge is 0.460 e. The van der Waals surface area contributed by atoms with E-state index < -0.39 is 5.60 Å². The van der Waals surface area contributed by atoms with Crippen molar-refractivity contribution in [3.63, 3.8) is 0 Å². The van der Waals surface area contributed by atoms with Gasteiger partial charge in [-0.15, -0.1) is 0 Å². The highest BCUT2D eigenvalue weighted by Crippen LogP contribution is 2.07. The average molecular weight is 363 g/mol. The van der Waals surface area contributed by atoms with Crippen LogP contribution in [-0.2, 0) is 33.3 Å². The normalized spacial score (nSPS) is 11.4. The van der Waals surface area contributed by atoms with Gasteiger partial charge in [0, 0.05) is 13.5 Å². The molecule has 0 bridgehead atoms. The summed E-state index contributed by atoms with van der Waals surface area (Å²) < 4.78 is 26.4. The number of hydrogen-bond donors (Lipinski definition) is 1. The molecule has 1 amide bonds. The van der Waals surface area contributed by atoms with Crippen molar-refractivity contribution in [2.75, 3.05) is 59.4 Å². The minimum absolute atomic E-state index is 0.0641. The van der Waals surface area contributed by atoms with E-state index in [1.807, 2.05) is 20.8 Å². The van der Waals surface area contributed by atoms with E-state index in [9.17, 15) is 9.59 Å². The van der Waals surface area contributed by atoms with Crippen LogP contribution in [0.2, 0.25) is 0 Å². The molecule has 0 aromatic heterocycles. The molecule has 148 valence electrons. The lowest BCUT2D eigenvalue weighted by Crippen LogP contribution is -2.25. The van der Waals surface area contributed by atoms with Gasteiger partial charge in [-0.1, -0.05) is 0 Å². The van der Waals surface area contributed by atoms with Crippen molar-refractivity contribution < 1.29 is 33.3 Å². The van der Waals surface area contributed by atoms with Gasteiger partial charge < -0.3 is 29.0 Å². The first kappa shape index (κ1) is 23.8. The Morgan fingerprint density at radius 1 is 0.760 bits per heavy atom. The number of ether oxygens (including phenoxy) is 5. The van der Waals surface area contributed by atoms with E-state index in [-0.39, 0.29) is 18.3 Å². The SMILES string of the molecule is CC(=O)NCCOCCOCCOCCOCCC(=O)OC(C)(C)C. The van der Waals surface area contributed by atoms with Crippen molar-refractivity contribution in [2.24, 2.45) is 0 Å². The van der Waals surface area contributed by atoms with E-state index in [2.05, 4.69) is 5.32 Å². The molecule has 25 heavy (non-hydrogen) atoms. The average Bonchev–Trinajstić information content (AvgIpc) is 2.49. The van der Waals surface area contributed by atoms with Crippen LogP contribution >= 0.6 is 0 Å². The van der Waals surface area contributed by atoms with Crippen molar-refractivity contribution in [3.05, 3.63) is 0 Å². The highest BCUT2D eigenvalue weighted by atomic mass is 16.6. The molecule has 0 saturated heterocycles. The summed E-state index contributed by atoms with van der Waals surface area (Å²) in [6, 6.07) is 0. The topological polar surface area (TPSA) is 92.3 Å². The molecule has 0 rings (SSSR count). The molecule has 1 N–H and O–H groups in total. The highest BCUT2D eigenvalue weighted by molar-refractivity contribution is 5.72. The molecule has 0 aliphatic carbocycles. The number of rotatable bonds is 15. The van der Waals surface area contributed by atoms with Crippen LogP contribution < -0.4 is 5.32 Å². The Kier molecular flexibility index (Phi) is 14.3. The number of esters is 1. The Balaban J connectivity index is 3.17. The monoisotopic (exact) mass is 363 g/mol. The molecule has 0 radical (unpaired) electrons. The number of amides is 1. The zero-order valence-corrected chi connectivity index (χ0v) is 15.9. The summed E-state index contributed by atoms with van der Waals surface area (Å²) in [5.41, 5.74) is -0.462. The van der Waals surface area contributed by atoms with Gasteiger partial charge in [-0.3, -0.25) is 9.59 Å². The van der Waals surface area contributed by atoms with Crippen LogP contribution in [0.5, 0.6) is 0 Å². The molecule has 0 unspecified atom stereocenters. The molecule has 8 heteroatoms. The number of carbonyl (C=O) groups excluding carboxylic acids is 2. The van der Waals surface area contributed by atoms with Gasteiger partial charge >= 0.3 is 5.97 Å². The molecule has 8 nitrogen and oxygen atoms in total. The fourth-order valence-electron chi connectivity index (χ4n) is 1.61. The number of nitrogens with one attached hydrogen (secondary N) is 1. The second-order valence-corrected chi connectivity index (χ2v) is 6.27. The molecule has 0 aromatic carbocycles. The second-order valence-electron chi connectivity index (χ2n) is 6.27. The third-order valence-corrected chi connectivity index (χ3v) is 2.61. The molecule has 0 heterocycles.